The number of rotatable bonds is 5. The molecule has 1 saturated heterocycles. The summed E-state index contributed by atoms with van der Waals surface area (Å²) in [5.74, 6) is -2.01. The van der Waals surface area contributed by atoms with Crippen LogP contribution in [0.25, 0.3) is 10.9 Å². The van der Waals surface area contributed by atoms with Crippen LogP contribution in [0, 0.1) is 12.7 Å². The normalized spacial score (nSPS) is 14.9. The van der Waals surface area contributed by atoms with Crippen LogP contribution >= 0.6 is 0 Å². The molecule has 0 radical (unpaired) electrons. The van der Waals surface area contributed by atoms with E-state index in [-0.39, 0.29) is 47.3 Å². The van der Waals surface area contributed by atoms with Gasteiger partial charge in [0.25, 0.3) is 10.0 Å². The van der Waals surface area contributed by atoms with E-state index in [9.17, 15) is 23.1 Å². The Labute approximate surface area is 207 Å². The Morgan fingerprint density at radius 1 is 1.11 bits per heavy atom. The molecule has 2 aromatic carbocycles. The van der Waals surface area contributed by atoms with E-state index in [1.807, 2.05) is 6.92 Å². The van der Waals surface area contributed by atoms with E-state index in [0.717, 1.165) is 17.7 Å². The summed E-state index contributed by atoms with van der Waals surface area (Å²) in [6.07, 6.45) is 0. The van der Waals surface area contributed by atoms with Gasteiger partial charge in [0, 0.05) is 44.2 Å². The fourth-order valence-electron chi connectivity index (χ4n) is 4.26. The lowest BCUT2D eigenvalue weighted by atomic mass is 10.1. The van der Waals surface area contributed by atoms with E-state index in [4.69, 9.17) is 5.73 Å². The van der Waals surface area contributed by atoms with Gasteiger partial charge in [-0.15, -0.1) is 4.40 Å². The number of nitrogens with two attached hydrogens (primary N) is 1. The van der Waals surface area contributed by atoms with Crippen LogP contribution in [-0.2, 0) is 16.6 Å². The number of carboxylic acids is 1. The number of hydrogen-bond acceptors (Lipinski definition) is 5. The van der Waals surface area contributed by atoms with Gasteiger partial charge in [-0.1, -0.05) is 17.7 Å². The SMILES string of the molecule is CCn1c(C(=O)O)cc(=O)c2cc(F)c(N3CCN(/C(N)=N/S(=O)(=O)c4ccc(C)cc4)CC3)cc21. The van der Waals surface area contributed by atoms with Crippen molar-refractivity contribution >= 4 is 38.5 Å². The Morgan fingerprint density at radius 3 is 2.33 bits per heavy atom. The van der Waals surface area contributed by atoms with Gasteiger partial charge >= 0.3 is 5.97 Å². The average Bonchev–Trinajstić information content (AvgIpc) is 2.84. The van der Waals surface area contributed by atoms with Crippen LogP contribution in [-0.4, -0.2) is 61.1 Å². The Hall–Kier alpha value is -3.93. The highest BCUT2D eigenvalue weighted by Gasteiger charge is 2.24. The molecule has 0 aliphatic carbocycles. The number of carbonyl (C=O) groups is 1. The van der Waals surface area contributed by atoms with Gasteiger partial charge in [0.15, 0.2) is 5.43 Å². The number of anilines is 1. The van der Waals surface area contributed by atoms with Crippen molar-refractivity contribution in [3.63, 3.8) is 0 Å². The standard InChI is InChI=1S/C24H26FN5O5S/c1-3-30-19-13-20(18(25)12-17(19)22(31)14-21(30)23(32)33)28-8-10-29(11-9-28)24(26)27-36(34,35)16-6-4-15(2)5-7-16/h4-7,12-14H,3,8-11H2,1-2H3,(H2,26,27)(H,32,33). The number of benzene rings is 2. The Bertz CT molecular complexity index is 1530. The van der Waals surface area contributed by atoms with E-state index in [1.54, 1.807) is 28.9 Å². The number of pyridine rings is 1. The van der Waals surface area contributed by atoms with Gasteiger partial charge in [0.1, 0.15) is 11.5 Å². The molecule has 36 heavy (non-hydrogen) atoms. The van der Waals surface area contributed by atoms with E-state index in [1.165, 1.54) is 22.8 Å². The summed E-state index contributed by atoms with van der Waals surface area (Å²) >= 11 is 0. The molecule has 3 N–H and O–H groups in total. The van der Waals surface area contributed by atoms with Crippen LogP contribution in [0.15, 0.2) is 56.6 Å². The van der Waals surface area contributed by atoms with Crippen LogP contribution in [0.2, 0.25) is 0 Å². The van der Waals surface area contributed by atoms with Crippen molar-refractivity contribution < 1.29 is 22.7 Å². The number of piperazine rings is 1. The molecule has 0 unspecified atom stereocenters. The van der Waals surface area contributed by atoms with Crippen LogP contribution in [0.1, 0.15) is 23.0 Å². The molecular weight excluding hydrogens is 489 g/mol. The van der Waals surface area contributed by atoms with Gasteiger partial charge in [0.2, 0.25) is 5.96 Å². The topological polar surface area (TPSA) is 138 Å². The molecular formula is C24H26FN5O5S. The number of halogens is 1. The summed E-state index contributed by atoms with van der Waals surface area (Å²) in [7, 11) is -3.98. The van der Waals surface area contributed by atoms with Crippen molar-refractivity contribution in [2.75, 3.05) is 31.1 Å². The maximum absolute atomic E-state index is 15.0. The molecule has 4 rings (SSSR count). The first kappa shape index (κ1) is 25.2. The summed E-state index contributed by atoms with van der Waals surface area (Å²) in [5, 5.41) is 9.58. The van der Waals surface area contributed by atoms with Gasteiger partial charge in [-0.05, 0) is 38.1 Å². The van der Waals surface area contributed by atoms with Crippen LogP contribution in [0.5, 0.6) is 0 Å². The fourth-order valence-corrected chi connectivity index (χ4v) is 5.21. The number of fused-ring (bicyclic) bond motifs is 1. The van der Waals surface area contributed by atoms with Gasteiger partial charge in [-0.2, -0.15) is 8.42 Å². The molecule has 1 aliphatic rings. The molecule has 10 nitrogen and oxygen atoms in total. The lowest BCUT2D eigenvalue weighted by molar-refractivity contribution is 0.0685. The number of carboxylic acid groups (broad SMARTS) is 1. The minimum atomic E-state index is -3.98. The summed E-state index contributed by atoms with van der Waals surface area (Å²) < 4.78 is 45.4. The summed E-state index contributed by atoms with van der Waals surface area (Å²) in [4.78, 5) is 27.4. The molecule has 0 atom stereocenters. The van der Waals surface area contributed by atoms with E-state index in [0.29, 0.717) is 18.6 Å². The second kappa shape index (κ2) is 9.61. The molecule has 190 valence electrons. The quantitative estimate of drug-likeness (QED) is 0.389. The van der Waals surface area contributed by atoms with Crippen molar-refractivity contribution in [3.05, 3.63) is 69.8 Å². The molecule has 1 aliphatic heterocycles. The number of aromatic carboxylic acids is 1. The Morgan fingerprint density at radius 2 is 1.75 bits per heavy atom. The van der Waals surface area contributed by atoms with E-state index in [2.05, 4.69) is 4.40 Å². The lowest BCUT2D eigenvalue weighted by Crippen LogP contribution is -2.51. The van der Waals surface area contributed by atoms with Crippen LogP contribution in [0.4, 0.5) is 10.1 Å². The fraction of sp³-hybridized carbons (Fsp3) is 0.292. The first-order chi connectivity index (χ1) is 17.0. The number of aryl methyl sites for hydroxylation is 2. The van der Waals surface area contributed by atoms with Crippen molar-refractivity contribution in [3.8, 4) is 0 Å². The first-order valence-corrected chi connectivity index (χ1v) is 12.7. The minimum absolute atomic E-state index is 0.0376. The summed E-state index contributed by atoms with van der Waals surface area (Å²) in [6.45, 7) is 5.04. The molecule has 3 aromatic rings. The summed E-state index contributed by atoms with van der Waals surface area (Å²) in [6, 6.07) is 9.89. The third-order valence-electron chi connectivity index (χ3n) is 6.19. The molecule has 0 bridgehead atoms. The van der Waals surface area contributed by atoms with Crippen molar-refractivity contribution in [2.24, 2.45) is 10.1 Å². The third-order valence-corrected chi connectivity index (χ3v) is 7.49. The number of nitrogens with zero attached hydrogens (tertiary/aromatic N) is 4. The van der Waals surface area contributed by atoms with Crippen LogP contribution in [0.3, 0.4) is 0 Å². The maximum atomic E-state index is 15.0. The second-order valence-corrected chi connectivity index (χ2v) is 10.1. The van der Waals surface area contributed by atoms with Crippen molar-refractivity contribution in [2.45, 2.75) is 25.3 Å². The zero-order chi connectivity index (χ0) is 26.2. The number of aromatic nitrogens is 1. The highest BCUT2D eigenvalue weighted by molar-refractivity contribution is 7.90. The van der Waals surface area contributed by atoms with Gasteiger partial charge in [-0.25, -0.2) is 9.18 Å². The highest BCUT2D eigenvalue weighted by atomic mass is 32.2. The Kier molecular flexibility index (Phi) is 6.72. The molecule has 12 heteroatoms. The van der Waals surface area contributed by atoms with E-state index < -0.39 is 27.2 Å². The number of sulfonamides is 1. The van der Waals surface area contributed by atoms with Gasteiger partial charge in [0.05, 0.1) is 16.1 Å². The monoisotopic (exact) mass is 515 g/mol. The van der Waals surface area contributed by atoms with Gasteiger partial charge < -0.3 is 25.2 Å². The van der Waals surface area contributed by atoms with E-state index >= 15 is 4.39 Å². The molecule has 0 spiro atoms. The number of hydrogen-bond donors (Lipinski definition) is 2. The molecule has 0 amide bonds. The zero-order valence-corrected chi connectivity index (χ0v) is 20.6. The predicted octanol–water partition coefficient (Wildman–Crippen LogP) is 1.99. The minimum Gasteiger partial charge on any atom is -0.477 e. The van der Waals surface area contributed by atoms with Gasteiger partial charge in [-0.3, -0.25) is 4.79 Å². The maximum Gasteiger partial charge on any atom is 0.352 e. The first-order valence-electron chi connectivity index (χ1n) is 11.3. The Balaban J connectivity index is 1.59. The summed E-state index contributed by atoms with van der Waals surface area (Å²) in [5.41, 5.74) is 6.72. The smallest absolute Gasteiger partial charge is 0.352 e. The van der Waals surface area contributed by atoms with Crippen molar-refractivity contribution in [1.82, 2.24) is 9.47 Å². The molecule has 1 fully saturated rings. The molecule has 0 saturated carbocycles. The number of guanidine groups is 1. The third kappa shape index (κ3) is 4.76. The van der Waals surface area contributed by atoms with Crippen LogP contribution < -0.4 is 16.1 Å². The predicted molar refractivity (Wildman–Crippen MR) is 135 cm³/mol. The zero-order valence-electron chi connectivity index (χ0n) is 19.8. The lowest BCUT2D eigenvalue weighted by Gasteiger charge is -2.36. The second-order valence-electron chi connectivity index (χ2n) is 8.48. The largest absolute Gasteiger partial charge is 0.477 e. The molecule has 2 heterocycles. The highest BCUT2D eigenvalue weighted by Crippen LogP contribution is 2.27. The molecule has 1 aromatic heterocycles. The van der Waals surface area contributed by atoms with Crippen molar-refractivity contribution in [1.29, 1.82) is 0 Å². The average molecular weight is 516 g/mol.